The van der Waals surface area contributed by atoms with Gasteiger partial charge in [0.2, 0.25) is 0 Å². The van der Waals surface area contributed by atoms with Crippen molar-refractivity contribution >= 4 is 28.2 Å². The number of rotatable bonds is 2. The van der Waals surface area contributed by atoms with Crippen molar-refractivity contribution in [3.8, 4) is 0 Å². The lowest BCUT2D eigenvalue weighted by molar-refractivity contribution is 0.359. The minimum Gasteiger partial charge on any atom is -0.381 e. The molecule has 3 heteroatoms. The van der Waals surface area contributed by atoms with Gasteiger partial charge in [0.15, 0.2) is 0 Å². The summed E-state index contributed by atoms with van der Waals surface area (Å²) in [7, 11) is 0. The highest BCUT2D eigenvalue weighted by Crippen LogP contribution is 2.28. The quantitative estimate of drug-likeness (QED) is 0.846. The molecule has 0 saturated carbocycles. The molecular weight excluding hydrogens is 244 g/mol. The second-order valence-electron chi connectivity index (χ2n) is 5.75. The average molecular weight is 263 g/mol. The number of halogens is 1. The third-order valence-electron chi connectivity index (χ3n) is 3.38. The summed E-state index contributed by atoms with van der Waals surface area (Å²) in [6.45, 7) is 8.88. The van der Waals surface area contributed by atoms with Crippen molar-refractivity contribution in [3.63, 3.8) is 0 Å². The summed E-state index contributed by atoms with van der Waals surface area (Å²) < 4.78 is 0. The first-order valence-electron chi connectivity index (χ1n) is 6.19. The van der Waals surface area contributed by atoms with Gasteiger partial charge in [0.05, 0.1) is 5.52 Å². The Hall–Kier alpha value is -1.28. The number of nitrogens with zero attached hydrogens (tertiary/aromatic N) is 1. The molecule has 18 heavy (non-hydrogen) atoms. The van der Waals surface area contributed by atoms with Gasteiger partial charge in [-0.3, -0.25) is 4.98 Å². The van der Waals surface area contributed by atoms with Crippen molar-refractivity contribution in [1.82, 2.24) is 4.98 Å². The Balaban J connectivity index is 2.40. The van der Waals surface area contributed by atoms with E-state index in [-0.39, 0.29) is 5.41 Å². The Kier molecular flexibility index (Phi) is 3.49. The van der Waals surface area contributed by atoms with E-state index in [1.165, 1.54) is 0 Å². The van der Waals surface area contributed by atoms with Gasteiger partial charge in [-0.1, -0.05) is 32.4 Å². The molecule has 1 N–H and O–H groups in total. The van der Waals surface area contributed by atoms with Crippen LogP contribution >= 0.6 is 11.6 Å². The highest BCUT2D eigenvalue weighted by Gasteiger charge is 2.20. The maximum atomic E-state index is 5.99. The van der Waals surface area contributed by atoms with Crippen LogP contribution in [0.3, 0.4) is 0 Å². The maximum Gasteiger partial charge on any atom is 0.0737 e. The zero-order valence-electron chi connectivity index (χ0n) is 11.3. The topological polar surface area (TPSA) is 24.9 Å². The fraction of sp³-hybridized carbons (Fsp3) is 0.400. The number of aromatic nitrogens is 1. The standard InChI is InChI=1S/C15H19ClN2/c1-10(15(2,3)4)18-13-7-8-17-14-9-11(16)5-6-12(13)14/h5-10H,1-4H3,(H,17,18). The third-order valence-corrected chi connectivity index (χ3v) is 3.61. The number of anilines is 1. The van der Waals surface area contributed by atoms with Crippen LogP contribution in [0, 0.1) is 5.41 Å². The Morgan fingerprint density at radius 2 is 1.94 bits per heavy atom. The van der Waals surface area contributed by atoms with Crippen molar-refractivity contribution in [1.29, 1.82) is 0 Å². The molecule has 0 bridgehead atoms. The van der Waals surface area contributed by atoms with Crippen LogP contribution in [0.25, 0.3) is 10.9 Å². The zero-order chi connectivity index (χ0) is 13.3. The second-order valence-corrected chi connectivity index (χ2v) is 6.19. The molecular formula is C15H19ClN2. The number of pyridine rings is 1. The van der Waals surface area contributed by atoms with Crippen LogP contribution in [0.5, 0.6) is 0 Å². The number of benzene rings is 1. The van der Waals surface area contributed by atoms with E-state index in [1.54, 1.807) is 0 Å². The SMILES string of the molecule is CC(Nc1ccnc2cc(Cl)ccc12)C(C)(C)C. The predicted molar refractivity (Wildman–Crippen MR) is 79.3 cm³/mol. The van der Waals surface area contributed by atoms with Gasteiger partial charge in [0.1, 0.15) is 0 Å². The first kappa shape index (κ1) is 13.2. The first-order valence-corrected chi connectivity index (χ1v) is 6.56. The van der Waals surface area contributed by atoms with Crippen molar-refractivity contribution in [2.75, 3.05) is 5.32 Å². The highest BCUT2D eigenvalue weighted by atomic mass is 35.5. The van der Waals surface area contributed by atoms with Crippen LogP contribution in [-0.4, -0.2) is 11.0 Å². The second kappa shape index (κ2) is 4.77. The van der Waals surface area contributed by atoms with Gasteiger partial charge in [-0.25, -0.2) is 0 Å². The van der Waals surface area contributed by atoms with Crippen molar-refractivity contribution in [2.45, 2.75) is 33.7 Å². The minimum absolute atomic E-state index is 0.210. The molecule has 2 nitrogen and oxygen atoms in total. The normalized spacial score (nSPS) is 13.6. The smallest absolute Gasteiger partial charge is 0.0737 e. The summed E-state index contributed by atoms with van der Waals surface area (Å²) in [6, 6.07) is 8.20. The molecule has 2 rings (SSSR count). The third kappa shape index (κ3) is 2.75. The molecule has 1 atom stereocenters. The largest absolute Gasteiger partial charge is 0.381 e. The fourth-order valence-corrected chi connectivity index (χ4v) is 1.86. The van der Waals surface area contributed by atoms with Crippen LogP contribution in [0.1, 0.15) is 27.7 Å². The Morgan fingerprint density at radius 1 is 1.22 bits per heavy atom. The van der Waals surface area contributed by atoms with Gasteiger partial charge in [-0.15, -0.1) is 0 Å². The molecule has 0 aliphatic rings. The van der Waals surface area contributed by atoms with Crippen LogP contribution in [0.15, 0.2) is 30.5 Å². The fourth-order valence-electron chi connectivity index (χ4n) is 1.70. The van der Waals surface area contributed by atoms with Crippen LogP contribution in [0.4, 0.5) is 5.69 Å². The average Bonchev–Trinajstić information content (AvgIpc) is 2.27. The lowest BCUT2D eigenvalue weighted by atomic mass is 9.88. The van der Waals surface area contributed by atoms with Gasteiger partial charge in [-0.05, 0) is 36.6 Å². The molecule has 96 valence electrons. The molecule has 1 unspecified atom stereocenters. The van der Waals surface area contributed by atoms with E-state index in [1.807, 2.05) is 30.5 Å². The number of hydrogen-bond donors (Lipinski definition) is 1. The van der Waals surface area contributed by atoms with Gasteiger partial charge in [0.25, 0.3) is 0 Å². The van der Waals surface area contributed by atoms with Crippen molar-refractivity contribution < 1.29 is 0 Å². The Bertz CT molecular complexity index is 558. The molecule has 0 radical (unpaired) electrons. The van der Waals surface area contributed by atoms with Crippen molar-refractivity contribution in [2.24, 2.45) is 5.41 Å². The van der Waals surface area contributed by atoms with E-state index < -0.39 is 0 Å². The summed E-state index contributed by atoms with van der Waals surface area (Å²) in [5.41, 5.74) is 2.25. The van der Waals surface area contributed by atoms with Gasteiger partial charge in [-0.2, -0.15) is 0 Å². The molecule has 1 aromatic carbocycles. The minimum atomic E-state index is 0.210. The number of hydrogen-bond acceptors (Lipinski definition) is 2. The lowest BCUT2D eigenvalue weighted by Crippen LogP contribution is -2.30. The number of nitrogens with one attached hydrogen (secondary N) is 1. The van der Waals surface area contributed by atoms with Crippen LogP contribution in [-0.2, 0) is 0 Å². The zero-order valence-corrected chi connectivity index (χ0v) is 12.0. The summed E-state index contributed by atoms with van der Waals surface area (Å²) >= 11 is 5.99. The summed E-state index contributed by atoms with van der Waals surface area (Å²) in [6.07, 6.45) is 1.82. The highest BCUT2D eigenvalue weighted by molar-refractivity contribution is 6.31. The molecule has 0 saturated heterocycles. The molecule has 0 fully saturated rings. The van der Waals surface area contributed by atoms with Gasteiger partial charge >= 0.3 is 0 Å². The molecule has 1 aromatic heterocycles. The van der Waals surface area contributed by atoms with E-state index in [2.05, 4.69) is 38.0 Å². The summed E-state index contributed by atoms with van der Waals surface area (Å²) in [4.78, 5) is 4.35. The predicted octanol–water partition coefficient (Wildman–Crippen LogP) is 4.73. The van der Waals surface area contributed by atoms with Crippen LogP contribution < -0.4 is 5.32 Å². The Morgan fingerprint density at radius 3 is 2.61 bits per heavy atom. The van der Waals surface area contributed by atoms with E-state index in [0.717, 1.165) is 21.6 Å². The first-order chi connectivity index (χ1) is 8.38. The number of fused-ring (bicyclic) bond motifs is 1. The molecule has 2 aromatic rings. The van der Waals surface area contributed by atoms with Gasteiger partial charge < -0.3 is 5.32 Å². The molecule has 1 heterocycles. The lowest BCUT2D eigenvalue weighted by Gasteiger charge is -2.29. The molecule has 0 aliphatic carbocycles. The van der Waals surface area contributed by atoms with Crippen LogP contribution in [0.2, 0.25) is 5.02 Å². The van der Waals surface area contributed by atoms with E-state index in [0.29, 0.717) is 6.04 Å². The molecule has 0 amide bonds. The monoisotopic (exact) mass is 262 g/mol. The van der Waals surface area contributed by atoms with E-state index in [9.17, 15) is 0 Å². The summed E-state index contributed by atoms with van der Waals surface area (Å²) in [5.74, 6) is 0. The molecule has 0 spiro atoms. The van der Waals surface area contributed by atoms with Crippen molar-refractivity contribution in [3.05, 3.63) is 35.5 Å². The maximum absolute atomic E-state index is 5.99. The Labute approximate surface area is 113 Å². The van der Waals surface area contributed by atoms with Gasteiger partial charge in [0, 0.05) is 28.3 Å². The van der Waals surface area contributed by atoms with E-state index >= 15 is 0 Å². The van der Waals surface area contributed by atoms with E-state index in [4.69, 9.17) is 11.6 Å². The molecule has 0 aliphatic heterocycles. The summed E-state index contributed by atoms with van der Waals surface area (Å²) in [5, 5.41) is 5.39.